The van der Waals surface area contributed by atoms with Crippen molar-refractivity contribution >= 4 is 46.5 Å². The topological polar surface area (TPSA) is 202 Å². The number of fused-ring (bicyclic) bond motifs is 1. The highest BCUT2D eigenvalue weighted by Gasteiger charge is 2.32. The fraction of sp³-hybridized carbons (Fsp3) is 0.333. The number of unbranched alkanes of at least 4 members (excludes halogenated alkanes) is 2. The Kier molecular flexibility index (Phi) is 8.20. The zero-order valence-corrected chi connectivity index (χ0v) is 20.4. The number of nitrogens with one attached hydrogen (secondary N) is 3. The van der Waals surface area contributed by atoms with Crippen LogP contribution in [0.1, 0.15) is 54.6 Å². The maximum Gasteiger partial charge on any atom is 0.333 e. The second kappa shape index (κ2) is 11.9. The third kappa shape index (κ3) is 6.66. The van der Waals surface area contributed by atoms with E-state index in [-0.39, 0.29) is 42.3 Å². The fourth-order valence-electron chi connectivity index (χ4n) is 3.67. The van der Waals surface area contributed by atoms with Crippen molar-refractivity contribution < 1.29 is 24.0 Å². The predicted octanol–water partition coefficient (Wildman–Crippen LogP) is 0.805. The Morgan fingerprint density at radius 1 is 1.03 bits per heavy atom. The van der Waals surface area contributed by atoms with Gasteiger partial charge in [-0.05, 0) is 37.1 Å². The second-order valence-corrected chi connectivity index (χ2v) is 8.53. The number of carbonyl (C=O) groups is 4. The molecule has 1 saturated heterocycles. The Bertz CT molecular complexity index is 1410. The molecule has 4 rings (SSSR count). The van der Waals surface area contributed by atoms with E-state index in [4.69, 9.17) is 10.6 Å². The molecule has 0 unspecified atom stereocenters. The van der Waals surface area contributed by atoms with Crippen LogP contribution in [0.15, 0.2) is 35.3 Å². The number of nitrogens with zero attached hydrogens (tertiary/aromatic N) is 4. The van der Waals surface area contributed by atoms with Crippen molar-refractivity contribution in [1.82, 2.24) is 30.3 Å². The summed E-state index contributed by atoms with van der Waals surface area (Å²) in [4.78, 5) is 78.5. The van der Waals surface area contributed by atoms with E-state index in [1.807, 2.05) is 0 Å². The quantitative estimate of drug-likeness (QED) is 0.205. The number of hydroxylamine groups is 2. The minimum absolute atomic E-state index is 0.0269. The predicted molar refractivity (Wildman–Crippen MR) is 134 cm³/mol. The van der Waals surface area contributed by atoms with Crippen molar-refractivity contribution in [2.45, 2.75) is 45.1 Å². The van der Waals surface area contributed by atoms with E-state index in [2.05, 4.69) is 30.6 Å². The standard InChI is InChI=1S/C24H26N8O6/c25-24-30-21-20(23(37)31-24)29-16(13-28-21)12-27-15-7-5-14(6-8-15)22(36)26-11-3-1-2-4-19(35)38-32-17(33)9-10-18(32)34/h5-8,13,27H,1-4,9-12H2,(H,26,36)(H3,25,28,30,31,37). The van der Waals surface area contributed by atoms with Crippen LogP contribution < -0.4 is 21.9 Å². The Morgan fingerprint density at radius 3 is 2.50 bits per heavy atom. The highest BCUT2D eigenvalue weighted by Crippen LogP contribution is 2.14. The first-order chi connectivity index (χ1) is 18.3. The normalized spacial score (nSPS) is 13.1. The molecule has 14 nitrogen and oxygen atoms in total. The number of nitrogens with two attached hydrogens (primary N) is 1. The van der Waals surface area contributed by atoms with E-state index in [0.29, 0.717) is 48.7 Å². The van der Waals surface area contributed by atoms with Crippen LogP contribution in [0.2, 0.25) is 0 Å². The van der Waals surface area contributed by atoms with E-state index >= 15 is 0 Å². The van der Waals surface area contributed by atoms with Crippen LogP contribution in [0.3, 0.4) is 0 Å². The summed E-state index contributed by atoms with van der Waals surface area (Å²) in [6.07, 6.45) is 3.51. The number of benzene rings is 1. The lowest BCUT2D eigenvalue weighted by atomic mass is 10.1. The first-order valence-electron chi connectivity index (χ1n) is 12.0. The van der Waals surface area contributed by atoms with E-state index < -0.39 is 23.3 Å². The highest BCUT2D eigenvalue weighted by atomic mass is 16.7. The minimum Gasteiger partial charge on any atom is -0.379 e. The maximum absolute atomic E-state index is 12.4. The number of rotatable bonds is 11. The van der Waals surface area contributed by atoms with Gasteiger partial charge in [0.05, 0.1) is 18.4 Å². The molecule has 0 bridgehead atoms. The molecule has 1 aliphatic rings. The third-order valence-corrected chi connectivity index (χ3v) is 5.65. The van der Waals surface area contributed by atoms with Gasteiger partial charge in [-0.25, -0.2) is 14.8 Å². The largest absolute Gasteiger partial charge is 0.379 e. The van der Waals surface area contributed by atoms with Crippen molar-refractivity contribution in [2.24, 2.45) is 0 Å². The number of amides is 3. The molecule has 0 spiro atoms. The monoisotopic (exact) mass is 522 g/mol. The summed E-state index contributed by atoms with van der Waals surface area (Å²) in [7, 11) is 0. The van der Waals surface area contributed by atoms with Crippen LogP contribution in [-0.4, -0.2) is 55.2 Å². The molecule has 0 aliphatic carbocycles. The molecule has 14 heteroatoms. The van der Waals surface area contributed by atoms with Crippen LogP contribution in [-0.2, 0) is 25.8 Å². The molecule has 0 atom stereocenters. The summed E-state index contributed by atoms with van der Waals surface area (Å²) in [5, 5.41) is 6.52. The first kappa shape index (κ1) is 26.2. The van der Waals surface area contributed by atoms with Crippen molar-refractivity contribution in [2.75, 3.05) is 17.6 Å². The van der Waals surface area contributed by atoms with Gasteiger partial charge >= 0.3 is 5.97 Å². The number of aromatic nitrogens is 4. The summed E-state index contributed by atoms with van der Waals surface area (Å²) in [5.41, 5.74) is 7.07. The molecule has 3 amide bonds. The lowest BCUT2D eigenvalue weighted by Gasteiger charge is -2.12. The van der Waals surface area contributed by atoms with Crippen LogP contribution in [0.25, 0.3) is 11.2 Å². The Morgan fingerprint density at radius 2 is 1.76 bits per heavy atom. The zero-order chi connectivity index (χ0) is 27.1. The van der Waals surface area contributed by atoms with Gasteiger partial charge in [-0.15, -0.1) is 5.06 Å². The lowest BCUT2D eigenvalue weighted by molar-refractivity contribution is -0.197. The van der Waals surface area contributed by atoms with Gasteiger partial charge < -0.3 is 21.2 Å². The van der Waals surface area contributed by atoms with Crippen LogP contribution in [0, 0.1) is 0 Å². The highest BCUT2D eigenvalue weighted by molar-refractivity contribution is 6.01. The SMILES string of the molecule is Nc1nc2ncc(CNc3ccc(C(=O)NCCCCCC(=O)ON4C(=O)CCC4=O)cc3)nc2c(=O)[nH]1. The van der Waals surface area contributed by atoms with Gasteiger partial charge in [0, 0.05) is 37.1 Å². The molecule has 0 saturated carbocycles. The summed E-state index contributed by atoms with van der Waals surface area (Å²) < 4.78 is 0. The molecular formula is C24H26N8O6. The number of imide groups is 1. The van der Waals surface area contributed by atoms with Gasteiger partial charge in [-0.3, -0.25) is 24.2 Å². The molecule has 198 valence electrons. The van der Waals surface area contributed by atoms with E-state index in [0.717, 1.165) is 5.69 Å². The average molecular weight is 523 g/mol. The molecule has 1 fully saturated rings. The molecule has 1 aliphatic heterocycles. The zero-order valence-electron chi connectivity index (χ0n) is 20.4. The van der Waals surface area contributed by atoms with Gasteiger partial charge in [-0.2, -0.15) is 4.98 Å². The molecule has 1 aromatic carbocycles. The van der Waals surface area contributed by atoms with Gasteiger partial charge in [0.15, 0.2) is 11.2 Å². The van der Waals surface area contributed by atoms with Gasteiger partial charge in [0.2, 0.25) is 5.95 Å². The van der Waals surface area contributed by atoms with E-state index in [1.54, 1.807) is 24.3 Å². The Hall–Kier alpha value is -4.88. The van der Waals surface area contributed by atoms with Gasteiger partial charge in [-0.1, -0.05) is 6.42 Å². The average Bonchev–Trinajstić information content (AvgIpc) is 3.21. The van der Waals surface area contributed by atoms with Crippen molar-refractivity contribution in [3.63, 3.8) is 0 Å². The summed E-state index contributed by atoms with van der Waals surface area (Å²) in [6, 6.07) is 6.86. The first-order valence-corrected chi connectivity index (χ1v) is 12.0. The summed E-state index contributed by atoms with van der Waals surface area (Å²) >= 11 is 0. The molecule has 3 aromatic rings. The second-order valence-electron chi connectivity index (χ2n) is 8.53. The molecule has 38 heavy (non-hydrogen) atoms. The molecule has 5 N–H and O–H groups in total. The van der Waals surface area contributed by atoms with E-state index in [9.17, 15) is 24.0 Å². The number of hydrogen-bond donors (Lipinski definition) is 4. The number of anilines is 2. The van der Waals surface area contributed by atoms with Crippen LogP contribution in [0.4, 0.5) is 11.6 Å². The molecular weight excluding hydrogens is 496 g/mol. The Balaban J connectivity index is 1.15. The number of hydrogen-bond acceptors (Lipinski definition) is 11. The smallest absolute Gasteiger partial charge is 0.333 e. The van der Waals surface area contributed by atoms with Crippen LogP contribution in [0.5, 0.6) is 0 Å². The van der Waals surface area contributed by atoms with Crippen molar-refractivity contribution in [1.29, 1.82) is 0 Å². The summed E-state index contributed by atoms with van der Waals surface area (Å²) in [5.74, 6) is -1.89. The minimum atomic E-state index is -0.630. The van der Waals surface area contributed by atoms with Crippen molar-refractivity contribution in [3.8, 4) is 0 Å². The van der Waals surface area contributed by atoms with Gasteiger partial charge in [0.1, 0.15) is 0 Å². The number of nitrogen functional groups attached to an aromatic ring is 1. The fourth-order valence-corrected chi connectivity index (χ4v) is 3.67. The Labute approximate surface area is 215 Å². The number of carbonyl (C=O) groups excluding carboxylic acids is 4. The third-order valence-electron chi connectivity index (χ3n) is 5.65. The van der Waals surface area contributed by atoms with Crippen LogP contribution >= 0.6 is 0 Å². The van der Waals surface area contributed by atoms with Crippen molar-refractivity contribution in [3.05, 3.63) is 52.1 Å². The van der Waals surface area contributed by atoms with E-state index in [1.165, 1.54) is 6.20 Å². The number of aromatic amines is 1. The molecule has 0 radical (unpaired) electrons. The molecule has 3 heterocycles. The maximum atomic E-state index is 12.4. The number of H-pyrrole nitrogens is 1. The summed E-state index contributed by atoms with van der Waals surface area (Å²) in [6.45, 7) is 0.730. The van der Waals surface area contributed by atoms with Gasteiger partial charge in [0.25, 0.3) is 23.3 Å². The molecule has 2 aromatic heterocycles. The lowest BCUT2D eigenvalue weighted by Crippen LogP contribution is -2.31.